The van der Waals surface area contributed by atoms with Gasteiger partial charge in [-0.25, -0.2) is 0 Å². The van der Waals surface area contributed by atoms with Crippen molar-refractivity contribution >= 4 is 27.5 Å². The van der Waals surface area contributed by atoms with E-state index < -0.39 is 0 Å². The minimum atomic E-state index is 0.00511. The first kappa shape index (κ1) is 19.1. The molecule has 5 rings (SSSR count). The van der Waals surface area contributed by atoms with Crippen LogP contribution in [0.15, 0.2) is 67.3 Å². The van der Waals surface area contributed by atoms with Crippen molar-refractivity contribution < 1.29 is 9.90 Å². The molecule has 3 aromatic carbocycles. The van der Waals surface area contributed by atoms with E-state index in [0.29, 0.717) is 5.69 Å². The van der Waals surface area contributed by atoms with Gasteiger partial charge < -0.3 is 9.67 Å². The molecule has 1 aromatic heterocycles. The maximum atomic E-state index is 11.9. The lowest BCUT2D eigenvalue weighted by molar-refractivity contribution is -0.121. The summed E-state index contributed by atoms with van der Waals surface area (Å²) in [7, 11) is 0. The molecule has 0 amide bonds. The predicted molar refractivity (Wildman–Crippen MR) is 123 cm³/mol. The highest BCUT2D eigenvalue weighted by Crippen LogP contribution is 2.43. The number of allylic oxidation sites excluding steroid dienone is 1. The van der Waals surface area contributed by atoms with Crippen LogP contribution in [-0.2, 0) is 4.79 Å². The van der Waals surface area contributed by atoms with Crippen LogP contribution in [0.1, 0.15) is 30.1 Å². The number of fused-ring (bicyclic) bond motifs is 2. The Balaban J connectivity index is 1.65. The van der Waals surface area contributed by atoms with Gasteiger partial charge in [-0.1, -0.05) is 36.9 Å². The fourth-order valence-corrected chi connectivity index (χ4v) is 4.93. The number of carbonyl (C=O) groups is 1. The van der Waals surface area contributed by atoms with Gasteiger partial charge in [0.2, 0.25) is 0 Å². The van der Waals surface area contributed by atoms with E-state index in [1.807, 2.05) is 24.3 Å². The third kappa shape index (κ3) is 2.93. The Hall–Kier alpha value is -3.84. The molecule has 0 unspecified atom stereocenters. The summed E-state index contributed by atoms with van der Waals surface area (Å²) < 4.78 is 2.08. The average molecular weight is 406 g/mol. The molecule has 31 heavy (non-hydrogen) atoms. The second kappa shape index (κ2) is 7.14. The monoisotopic (exact) mass is 406 g/mol. The lowest BCUT2D eigenvalue weighted by atomic mass is 9.77. The maximum absolute atomic E-state index is 11.9. The van der Waals surface area contributed by atoms with Crippen LogP contribution < -0.4 is 0 Å². The number of nitriles is 1. The fraction of sp³-hybridized carbons (Fsp3) is 0.185. The molecule has 0 radical (unpaired) electrons. The van der Waals surface area contributed by atoms with E-state index >= 15 is 0 Å². The molecule has 0 bridgehead atoms. The zero-order valence-corrected chi connectivity index (χ0v) is 17.3. The molecule has 1 saturated carbocycles. The molecule has 0 aliphatic heterocycles. The molecule has 152 valence electrons. The minimum absolute atomic E-state index is 0.00511. The summed E-state index contributed by atoms with van der Waals surface area (Å²) in [6.45, 7) is 5.65. The highest BCUT2D eigenvalue weighted by atomic mass is 16.3. The minimum Gasteiger partial charge on any atom is -0.508 e. The summed E-state index contributed by atoms with van der Waals surface area (Å²) in [5, 5.41) is 23.2. The van der Waals surface area contributed by atoms with Gasteiger partial charge in [0, 0.05) is 22.9 Å². The largest absolute Gasteiger partial charge is 0.508 e. The number of phenols is 1. The lowest BCUT2D eigenvalue weighted by Crippen LogP contribution is -2.32. The number of aryl methyl sites for hydroxylation is 1. The molecule has 4 aromatic rings. The maximum Gasteiger partial charge on any atom is 0.158 e. The average Bonchev–Trinajstić information content (AvgIpc) is 3.11. The summed E-state index contributed by atoms with van der Waals surface area (Å²) in [6.07, 6.45) is 2.87. The number of aromatic nitrogens is 1. The fourth-order valence-electron chi connectivity index (χ4n) is 4.93. The van der Waals surface area contributed by atoms with Crippen molar-refractivity contribution in [2.24, 2.45) is 5.92 Å². The molecule has 1 aliphatic rings. The van der Waals surface area contributed by atoms with E-state index in [4.69, 9.17) is 0 Å². The Morgan fingerprint density at radius 1 is 1.13 bits per heavy atom. The highest BCUT2D eigenvalue weighted by molar-refractivity contribution is 6.01. The summed E-state index contributed by atoms with van der Waals surface area (Å²) in [5.41, 5.74) is 4.71. The molecule has 1 N–H and O–H groups in total. The molecule has 4 heteroatoms. The van der Waals surface area contributed by atoms with Crippen molar-refractivity contribution in [1.29, 1.82) is 5.26 Å². The Morgan fingerprint density at radius 3 is 2.65 bits per heavy atom. The van der Waals surface area contributed by atoms with Gasteiger partial charge in [0.25, 0.3) is 0 Å². The van der Waals surface area contributed by atoms with Gasteiger partial charge >= 0.3 is 0 Å². The zero-order valence-electron chi connectivity index (χ0n) is 17.3. The first-order chi connectivity index (χ1) is 15.0. The van der Waals surface area contributed by atoms with Crippen LogP contribution in [0.2, 0.25) is 0 Å². The SMILES string of the molecule is C=CC(=O)C1CC(n2c(C#N)cc3c(C)c(-c4cc(O)cc5ccccc45)ccc32)C1. The number of aromatic hydroxyl groups is 1. The number of phenolic OH excluding ortho intramolecular Hbond substituents is 1. The number of carbonyl (C=O) groups excluding carboxylic acids is 1. The molecule has 0 spiro atoms. The van der Waals surface area contributed by atoms with E-state index in [9.17, 15) is 15.2 Å². The predicted octanol–water partition coefficient (Wildman–Crippen LogP) is 6.05. The third-order valence-electron chi connectivity index (χ3n) is 6.63. The lowest BCUT2D eigenvalue weighted by Gasteiger charge is -2.35. The molecule has 1 heterocycles. The van der Waals surface area contributed by atoms with Crippen LogP contribution in [0.4, 0.5) is 0 Å². The van der Waals surface area contributed by atoms with Crippen LogP contribution in [-0.4, -0.2) is 15.5 Å². The van der Waals surface area contributed by atoms with Crippen molar-refractivity contribution in [3.8, 4) is 22.9 Å². The van der Waals surface area contributed by atoms with Crippen LogP contribution in [0.25, 0.3) is 32.8 Å². The van der Waals surface area contributed by atoms with Crippen molar-refractivity contribution in [2.45, 2.75) is 25.8 Å². The van der Waals surface area contributed by atoms with Gasteiger partial charge in [0.05, 0.1) is 0 Å². The van der Waals surface area contributed by atoms with Crippen molar-refractivity contribution in [2.75, 3.05) is 0 Å². The van der Waals surface area contributed by atoms with Gasteiger partial charge in [-0.3, -0.25) is 4.79 Å². The van der Waals surface area contributed by atoms with Crippen molar-refractivity contribution in [3.05, 3.63) is 78.5 Å². The number of hydrogen-bond donors (Lipinski definition) is 1. The Bertz CT molecular complexity index is 1410. The van der Waals surface area contributed by atoms with Gasteiger partial charge in [-0.15, -0.1) is 0 Å². The summed E-state index contributed by atoms with van der Waals surface area (Å²) >= 11 is 0. The second-order valence-electron chi connectivity index (χ2n) is 8.33. The number of rotatable bonds is 4. The topological polar surface area (TPSA) is 66.0 Å². The van der Waals surface area contributed by atoms with Crippen LogP contribution in [0, 0.1) is 24.2 Å². The quantitative estimate of drug-likeness (QED) is 0.419. The Morgan fingerprint density at radius 2 is 1.90 bits per heavy atom. The van der Waals surface area contributed by atoms with E-state index in [1.54, 1.807) is 12.1 Å². The molecule has 0 saturated heterocycles. The highest BCUT2D eigenvalue weighted by Gasteiger charge is 2.36. The summed E-state index contributed by atoms with van der Waals surface area (Å²) in [5.74, 6) is 0.321. The van der Waals surface area contributed by atoms with Gasteiger partial charge in [0.1, 0.15) is 17.5 Å². The second-order valence-corrected chi connectivity index (χ2v) is 8.33. The summed E-state index contributed by atoms with van der Waals surface area (Å²) in [6, 6.07) is 20.1. The van der Waals surface area contributed by atoms with Crippen molar-refractivity contribution in [3.63, 3.8) is 0 Å². The van der Waals surface area contributed by atoms with Gasteiger partial charge in [-0.05, 0) is 77.6 Å². The number of ketones is 1. The van der Waals surface area contributed by atoms with Gasteiger partial charge in [0.15, 0.2) is 5.78 Å². The molecular weight excluding hydrogens is 384 g/mol. The van der Waals surface area contributed by atoms with E-state index in [-0.39, 0.29) is 23.5 Å². The zero-order chi connectivity index (χ0) is 21.7. The summed E-state index contributed by atoms with van der Waals surface area (Å²) in [4.78, 5) is 11.9. The molecular formula is C27H22N2O2. The first-order valence-corrected chi connectivity index (χ1v) is 10.4. The van der Waals surface area contributed by atoms with E-state index in [0.717, 1.165) is 51.2 Å². The number of nitrogens with zero attached hydrogens (tertiary/aromatic N) is 2. The Kier molecular flexibility index (Phi) is 4.41. The van der Waals surface area contributed by atoms with Crippen LogP contribution in [0.5, 0.6) is 5.75 Å². The third-order valence-corrected chi connectivity index (χ3v) is 6.63. The van der Waals surface area contributed by atoms with Crippen LogP contribution >= 0.6 is 0 Å². The number of benzene rings is 3. The number of hydrogen-bond acceptors (Lipinski definition) is 3. The van der Waals surface area contributed by atoms with Crippen molar-refractivity contribution in [1.82, 2.24) is 4.57 Å². The Labute approximate surface area is 180 Å². The van der Waals surface area contributed by atoms with Gasteiger partial charge in [-0.2, -0.15) is 5.26 Å². The van der Waals surface area contributed by atoms with Crippen LogP contribution in [0.3, 0.4) is 0 Å². The molecule has 1 fully saturated rings. The molecule has 4 nitrogen and oxygen atoms in total. The normalized spacial score (nSPS) is 17.9. The van der Waals surface area contributed by atoms with E-state index in [1.165, 1.54) is 6.08 Å². The van der Waals surface area contributed by atoms with E-state index in [2.05, 4.69) is 42.3 Å². The molecule has 0 atom stereocenters. The molecule has 1 aliphatic carbocycles. The first-order valence-electron chi connectivity index (χ1n) is 10.4. The standard InChI is InChI=1S/C27H22N2O2/c1-3-27(31)18-10-19(11-18)29-20(15-28)13-24-16(2)22(8-9-26(24)29)25-14-21(30)12-17-6-4-5-7-23(17)25/h3-9,12-14,18-19,30H,1,10-11H2,2H3. The smallest absolute Gasteiger partial charge is 0.158 e.